The molecule has 0 aromatic carbocycles. The molecule has 1 aliphatic heterocycles. The van der Waals surface area contributed by atoms with Crippen molar-refractivity contribution in [2.75, 3.05) is 6.54 Å². The van der Waals surface area contributed by atoms with E-state index in [0.717, 1.165) is 31.2 Å². The zero-order chi connectivity index (χ0) is 9.54. The fourth-order valence-electron chi connectivity index (χ4n) is 3.04. The van der Waals surface area contributed by atoms with Crippen molar-refractivity contribution in [1.29, 1.82) is 0 Å². The van der Waals surface area contributed by atoms with Crippen LogP contribution in [0.2, 0.25) is 0 Å². The van der Waals surface area contributed by atoms with Gasteiger partial charge in [-0.3, -0.25) is 4.79 Å². The van der Waals surface area contributed by atoms with Gasteiger partial charge in [0.25, 0.3) is 0 Å². The number of fused-ring (bicyclic) bond motifs is 1. The van der Waals surface area contributed by atoms with Crippen molar-refractivity contribution < 1.29 is 4.79 Å². The van der Waals surface area contributed by atoms with Gasteiger partial charge < -0.3 is 10.6 Å². The summed E-state index contributed by atoms with van der Waals surface area (Å²) < 4.78 is 0. The third kappa shape index (κ3) is 1.54. The van der Waals surface area contributed by atoms with Gasteiger partial charge in [-0.05, 0) is 50.5 Å². The highest BCUT2D eigenvalue weighted by Crippen LogP contribution is 2.51. The summed E-state index contributed by atoms with van der Waals surface area (Å²) >= 11 is 0. The van der Waals surface area contributed by atoms with Crippen molar-refractivity contribution in [3.8, 4) is 0 Å². The van der Waals surface area contributed by atoms with Crippen LogP contribution in [0, 0.1) is 11.8 Å². The van der Waals surface area contributed by atoms with Gasteiger partial charge in [-0.25, -0.2) is 0 Å². The largest absolute Gasteiger partial charge is 0.352 e. The standard InChI is InChI=1S/C11H18N2O/c14-11(10-2-1-3-12-10)13-9-5-7-4-8(7)6-9/h7-10,12H,1-6H2,(H,13,14). The van der Waals surface area contributed by atoms with Crippen LogP contribution >= 0.6 is 0 Å². The first-order valence-corrected chi connectivity index (χ1v) is 5.86. The molecule has 1 saturated heterocycles. The maximum absolute atomic E-state index is 11.7. The fraction of sp³-hybridized carbons (Fsp3) is 0.909. The molecule has 3 atom stereocenters. The molecular weight excluding hydrogens is 176 g/mol. The summed E-state index contributed by atoms with van der Waals surface area (Å²) in [4.78, 5) is 11.7. The van der Waals surface area contributed by atoms with E-state index in [1.165, 1.54) is 19.3 Å². The lowest BCUT2D eigenvalue weighted by molar-refractivity contribution is -0.123. The van der Waals surface area contributed by atoms with Crippen LogP contribution in [-0.2, 0) is 4.79 Å². The predicted molar refractivity (Wildman–Crippen MR) is 53.8 cm³/mol. The van der Waals surface area contributed by atoms with Crippen LogP contribution in [0.4, 0.5) is 0 Å². The number of hydrogen-bond donors (Lipinski definition) is 2. The van der Waals surface area contributed by atoms with E-state index in [1.54, 1.807) is 0 Å². The first-order chi connectivity index (χ1) is 6.83. The van der Waals surface area contributed by atoms with Crippen molar-refractivity contribution in [2.45, 2.75) is 44.2 Å². The summed E-state index contributed by atoms with van der Waals surface area (Å²) in [6.45, 7) is 1.01. The van der Waals surface area contributed by atoms with Gasteiger partial charge in [0, 0.05) is 6.04 Å². The van der Waals surface area contributed by atoms with E-state index in [9.17, 15) is 4.79 Å². The second-order valence-electron chi connectivity index (χ2n) is 5.08. The molecule has 3 fully saturated rings. The Morgan fingerprint density at radius 2 is 2.00 bits per heavy atom. The van der Waals surface area contributed by atoms with Crippen molar-refractivity contribution in [3.05, 3.63) is 0 Å². The summed E-state index contributed by atoms with van der Waals surface area (Å²) in [7, 11) is 0. The predicted octanol–water partition coefficient (Wildman–Crippen LogP) is 0.653. The molecule has 3 aliphatic rings. The lowest BCUT2D eigenvalue weighted by atomic mass is 10.1. The summed E-state index contributed by atoms with van der Waals surface area (Å²) in [5.74, 6) is 2.16. The summed E-state index contributed by atoms with van der Waals surface area (Å²) in [6, 6.07) is 0.598. The third-order valence-electron chi connectivity index (χ3n) is 3.97. The van der Waals surface area contributed by atoms with Crippen LogP contribution in [0.3, 0.4) is 0 Å². The van der Waals surface area contributed by atoms with Gasteiger partial charge in [0.1, 0.15) is 0 Å². The Hall–Kier alpha value is -0.570. The Morgan fingerprint density at radius 3 is 2.64 bits per heavy atom. The molecular formula is C11H18N2O. The van der Waals surface area contributed by atoms with Gasteiger partial charge in [0.2, 0.25) is 5.91 Å². The third-order valence-corrected chi connectivity index (χ3v) is 3.97. The molecule has 14 heavy (non-hydrogen) atoms. The Labute approximate surface area is 84.6 Å². The number of hydrogen-bond acceptors (Lipinski definition) is 2. The first kappa shape index (κ1) is 8.72. The van der Waals surface area contributed by atoms with E-state index in [2.05, 4.69) is 10.6 Å². The molecule has 0 aromatic rings. The Kier molecular flexibility index (Phi) is 2.01. The molecule has 0 aromatic heterocycles. The number of rotatable bonds is 2. The zero-order valence-corrected chi connectivity index (χ0v) is 8.46. The lowest BCUT2D eigenvalue weighted by Gasteiger charge is -2.17. The van der Waals surface area contributed by atoms with Crippen molar-refractivity contribution in [1.82, 2.24) is 10.6 Å². The van der Waals surface area contributed by atoms with Crippen LogP contribution in [0.5, 0.6) is 0 Å². The van der Waals surface area contributed by atoms with Gasteiger partial charge in [0.15, 0.2) is 0 Å². The molecule has 0 radical (unpaired) electrons. The molecule has 0 spiro atoms. The van der Waals surface area contributed by atoms with Gasteiger partial charge >= 0.3 is 0 Å². The molecule has 1 heterocycles. The number of carbonyl (C=O) groups is 1. The van der Waals surface area contributed by atoms with Crippen molar-refractivity contribution >= 4 is 5.91 Å². The van der Waals surface area contributed by atoms with E-state index >= 15 is 0 Å². The fourth-order valence-corrected chi connectivity index (χ4v) is 3.04. The minimum absolute atomic E-state index is 0.104. The second-order valence-corrected chi connectivity index (χ2v) is 5.08. The van der Waals surface area contributed by atoms with Crippen LogP contribution < -0.4 is 10.6 Å². The number of carbonyl (C=O) groups excluding carboxylic acids is 1. The van der Waals surface area contributed by atoms with Crippen molar-refractivity contribution in [2.24, 2.45) is 11.8 Å². The number of nitrogens with one attached hydrogen (secondary N) is 2. The molecule has 3 rings (SSSR count). The lowest BCUT2D eigenvalue weighted by Crippen LogP contribution is -2.44. The zero-order valence-electron chi connectivity index (χ0n) is 8.46. The highest BCUT2D eigenvalue weighted by molar-refractivity contribution is 5.82. The molecule has 78 valence electrons. The van der Waals surface area contributed by atoms with Crippen molar-refractivity contribution in [3.63, 3.8) is 0 Å². The Balaban J connectivity index is 1.49. The van der Waals surface area contributed by atoms with E-state index < -0.39 is 0 Å². The number of amides is 1. The average molecular weight is 194 g/mol. The van der Waals surface area contributed by atoms with E-state index in [1.807, 2.05) is 0 Å². The van der Waals surface area contributed by atoms with Gasteiger partial charge in [-0.15, -0.1) is 0 Å². The Morgan fingerprint density at radius 1 is 1.21 bits per heavy atom. The maximum atomic E-state index is 11.7. The first-order valence-electron chi connectivity index (χ1n) is 5.86. The van der Waals surface area contributed by atoms with Crippen LogP contribution in [0.25, 0.3) is 0 Å². The Bertz CT molecular complexity index is 238. The average Bonchev–Trinajstić information content (AvgIpc) is 2.69. The molecule has 2 aliphatic carbocycles. The topological polar surface area (TPSA) is 41.1 Å². The quantitative estimate of drug-likeness (QED) is 0.678. The highest BCUT2D eigenvalue weighted by Gasteiger charge is 2.46. The SMILES string of the molecule is O=C(NC1CC2CC2C1)C1CCCN1. The van der Waals surface area contributed by atoms with Crippen LogP contribution in [0.15, 0.2) is 0 Å². The molecule has 0 bridgehead atoms. The smallest absolute Gasteiger partial charge is 0.237 e. The van der Waals surface area contributed by atoms with Crippen LogP contribution in [0.1, 0.15) is 32.1 Å². The summed E-state index contributed by atoms with van der Waals surface area (Å²) in [5, 5.41) is 6.42. The van der Waals surface area contributed by atoms with Crippen LogP contribution in [-0.4, -0.2) is 24.5 Å². The molecule has 2 N–H and O–H groups in total. The van der Waals surface area contributed by atoms with Gasteiger partial charge in [0.05, 0.1) is 6.04 Å². The monoisotopic (exact) mass is 194 g/mol. The molecule has 3 unspecified atom stereocenters. The maximum Gasteiger partial charge on any atom is 0.237 e. The normalized spacial score (nSPS) is 44.9. The summed E-state index contributed by atoms with van der Waals surface area (Å²) in [5.41, 5.74) is 0. The van der Waals surface area contributed by atoms with E-state index in [4.69, 9.17) is 0 Å². The van der Waals surface area contributed by atoms with E-state index in [0.29, 0.717) is 6.04 Å². The van der Waals surface area contributed by atoms with Gasteiger partial charge in [-0.2, -0.15) is 0 Å². The molecule has 3 heteroatoms. The molecule has 3 nitrogen and oxygen atoms in total. The van der Waals surface area contributed by atoms with Gasteiger partial charge in [-0.1, -0.05) is 0 Å². The second kappa shape index (κ2) is 3.23. The summed E-state index contributed by atoms with van der Waals surface area (Å²) in [6.07, 6.45) is 6.07. The minimum Gasteiger partial charge on any atom is -0.352 e. The molecule has 2 saturated carbocycles. The van der Waals surface area contributed by atoms with E-state index in [-0.39, 0.29) is 11.9 Å². The minimum atomic E-state index is 0.104. The highest BCUT2D eigenvalue weighted by atomic mass is 16.2. The molecule has 1 amide bonds.